The second kappa shape index (κ2) is 4.85. The molecule has 1 heterocycles. The topological polar surface area (TPSA) is 95.2 Å². The molecule has 1 aromatic carbocycles. The number of benzene rings is 1. The standard InChI is InChI=1S/C8H7NO.H3NO2S/c10-8-7-4-2-1-3-6(7)5-9-8;1-4(2)3/h1-4H,5H2,(H,9,10);1H2,(H,2,3)/p-1. The van der Waals surface area contributed by atoms with Gasteiger partial charge in [-0.05, 0) is 11.6 Å². The summed E-state index contributed by atoms with van der Waals surface area (Å²) in [6, 6.07) is 7.63. The monoisotopic (exact) mass is 213 g/mol. The second-order valence-corrected chi connectivity index (χ2v) is 3.12. The Labute approximate surface area is 83.7 Å². The Morgan fingerprint density at radius 2 is 2.00 bits per heavy atom. The molecular formula is C8H9N2O3S-. The van der Waals surface area contributed by atoms with Crippen molar-refractivity contribution in [1.82, 2.24) is 5.32 Å². The van der Waals surface area contributed by atoms with Crippen LogP contribution in [0.4, 0.5) is 0 Å². The molecule has 5 nitrogen and oxygen atoms in total. The van der Waals surface area contributed by atoms with Gasteiger partial charge < -0.3 is 9.87 Å². The molecule has 0 aliphatic carbocycles. The fourth-order valence-corrected chi connectivity index (χ4v) is 1.17. The van der Waals surface area contributed by atoms with Gasteiger partial charge in [-0.25, -0.2) is 0 Å². The predicted molar refractivity (Wildman–Crippen MR) is 50.7 cm³/mol. The van der Waals surface area contributed by atoms with Crippen LogP contribution in [0.25, 0.3) is 0 Å². The van der Waals surface area contributed by atoms with Crippen LogP contribution in [-0.4, -0.2) is 14.7 Å². The van der Waals surface area contributed by atoms with Gasteiger partial charge in [0.2, 0.25) is 0 Å². The van der Waals surface area contributed by atoms with Gasteiger partial charge in [0.1, 0.15) is 0 Å². The minimum atomic E-state index is -2.36. The van der Waals surface area contributed by atoms with Gasteiger partial charge >= 0.3 is 0 Å². The number of fused-ring (bicyclic) bond motifs is 1. The zero-order valence-electron chi connectivity index (χ0n) is 7.23. The van der Waals surface area contributed by atoms with Crippen molar-refractivity contribution in [3.63, 3.8) is 0 Å². The lowest BCUT2D eigenvalue weighted by molar-refractivity contribution is 0.0966. The minimum absolute atomic E-state index is 0.0515. The van der Waals surface area contributed by atoms with Gasteiger partial charge in [-0.3, -0.25) is 14.1 Å². The molecule has 1 amide bonds. The summed E-state index contributed by atoms with van der Waals surface area (Å²) in [5, 5.41) is 6.77. The molecule has 0 saturated heterocycles. The third-order valence-electron chi connectivity index (χ3n) is 1.70. The van der Waals surface area contributed by atoms with Crippen LogP contribution in [0, 0.1) is 0 Å². The number of nitrogens with one attached hydrogen (secondary N) is 1. The van der Waals surface area contributed by atoms with Crippen LogP contribution in [0.5, 0.6) is 0 Å². The van der Waals surface area contributed by atoms with E-state index in [0.717, 1.165) is 11.1 Å². The number of hydrogen-bond acceptors (Lipinski definition) is 3. The van der Waals surface area contributed by atoms with Crippen molar-refractivity contribution >= 4 is 17.2 Å². The van der Waals surface area contributed by atoms with E-state index >= 15 is 0 Å². The van der Waals surface area contributed by atoms with Crippen LogP contribution in [-0.2, 0) is 17.8 Å². The molecule has 2 rings (SSSR count). The lowest BCUT2D eigenvalue weighted by Crippen LogP contribution is -2.12. The molecular weight excluding hydrogens is 204 g/mol. The molecule has 1 aliphatic heterocycles. The normalized spacial score (nSPS) is 14.9. The fourth-order valence-electron chi connectivity index (χ4n) is 1.17. The first-order chi connectivity index (χ1) is 6.61. The van der Waals surface area contributed by atoms with E-state index in [1.165, 1.54) is 0 Å². The van der Waals surface area contributed by atoms with E-state index in [0.29, 0.717) is 6.54 Å². The molecule has 14 heavy (non-hydrogen) atoms. The van der Waals surface area contributed by atoms with Crippen molar-refractivity contribution in [3.05, 3.63) is 35.4 Å². The highest BCUT2D eigenvalue weighted by Gasteiger charge is 2.16. The third-order valence-corrected chi connectivity index (χ3v) is 1.70. The molecule has 1 unspecified atom stereocenters. The van der Waals surface area contributed by atoms with E-state index < -0.39 is 11.3 Å². The second-order valence-electron chi connectivity index (χ2n) is 2.60. The lowest BCUT2D eigenvalue weighted by Gasteiger charge is -1.89. The van der Waals surface area contributed by atoms with Gasteiger partial charge in [0, 0.05) is 23.4 Å². The zero-order chi connectivity index (χ0) is 10.6. The Balaban J connectivity index is 0.000000213. The Bertz CT molecular complexity index is 363. The highest BCUT2D eigenvalue weighted by molar-refractivity contribution is 7.76. The summed E-state index contributed by atoms with van der Waals surface area (Å²) in [6.07, 6.45) is 0. The largest absolute Gasteiger partial charge is 0.760 e. The van der Waals surface area contributed by atoms with Gasteiger partial charge in [-0.1, -0.05) is 18.2 Å². The molecule has 0 aromatic heterocycles. The van der Waals surface area contributed by atoms with Crippen LogP contribution in [0.3, 0.4) is 0 Å². The van der Waals surface area contributed by atoms with Gasteiger partial charge in [0.15, 0.2) is 0 Å². The predicted octanol–water partition coefficient (Wildman–Crippen LogP) is -0.331. The van der Waals surface area contributed by atoms with Crippen molar-refractivity contribution in [2.24, 2.45) is 5.14 Å². The number of hydrogen-bond donors (Lipinski definition) is 2. The first kappa shape index (κ1) is 10.8. The van der Waals surface area contributed by atoms with E-state index in [1.807, 2.05) is 24.3 Å². The Morgan fingerprint density at radius 1 is 1.43 bits per heavy atom. The third kappa shape index (κ3) is 2.91. The summed E-state index contributed by atoms with van der Waals surface area (Å²) in [7, 11) is 0. The molecule has 3 N–H and O–H groups in total. The van der Waals surface area contributed by atoms with E-state index in [4.69, 9.17) is 8.76 Å². The van der Waals surface area contributed by atoms with E-state index in [1.54, 1.807) is 0 Å². The molecule has 6 heteroatoms. The number of amides is 1. The summed E-state index contributed by atoms with van der Waals surface area (Å²) in [4.78, 5) is 11.0. The fraction of sp³-hybridized carbons (Fsp3) is 0.125. The number of carbonyl (C=O) groups is 1. The maximum atomic E-state index is 11.0. The van der Waals surface area contributed by atoms with Crippen molar-refractivity contribution in [1.29, 1.82) is 0 Å². The van der Waals surface area contributed by atoms with Crippen molar-refractivity contribution in [2.45, 2.75) is 6.54 Å². The molecule has 0 radical (unpaired) electrons. The Kier molecular flexibility index (Phi) is 3.75. The smallest absolute Gasteiger partial charge is 0.251 e. The van der Waals surface area contributed by atoms with Gasteiger partial charge in [-0.15, -0.1) is 0 Å². The first-order valence-electron chi connectivity index (χ1n) is 3.81. The van der Waals surface area contributed by atoms with Gasteiger partial charge in [0.25, 0.3) is 5.91 Å². The average molecular weight is 213 g/mol. The molecule has 0 fully saturated rings. The molecule has 0 bridgehead atoms. The SMILES string of the molecule is NS(=O)[O-].O=C1NCc2ccccc21. The molecule has 76 valence electrons. The van der Waals surface area contributed by atoms with E-state index in [9.17, 15) is 4.79 Å². The summed E-state index contributed by atoms with van der Waals surface area (Å²) < 4.78 is 17.6. The quantitative estimate of drug-likeness (QED) is 0.577. The number of carbonyl (C=O) groups excluding carboxylic acids is 1. The van der Waals surface area contributed by atoms with E-state index in [-0.39, 0.29) is 5.91 Å². The highest BCUT2D eigenvalue weighted by Crippen LogP contribution is 2.13. The first-order valence-corrected chi connectivity index (χ1v) is 4.95. The maximum absolute atomic E-state index is 11.0. The summed E-state index contributed by atoms with van der Waals surface area (Å²) in [6.45, 7) is 0.689. The Hall–Kier alpha value is -1.24. The van der Waals surface area contributed by atoms with Crippen LogP contribution < -0.4 is 10.5 Å². The summed E-state index contributed by atoms with van der Waals surface area (Å²) in [5.41, 5.74) is 1.93. The van der Waals surface area contributed by atoms with Gasteiger partial charge in [0.05, 0.1) is 0 Å². The highest BCUT2D eigenvalue weighted by atomic mass is 32.2. The Morgan fingerprint density at radius 3 is 2.57 bits per heavy atom. The molecule has 0 spiro atoms. The van der Waals surface area contributed by atoms with Crippen LogP contribution in [0.1, 0.15) is 15.9 Å². The lowest BCUT2D eigenvalue weighted by atomic mass is 10.1. The molecule has 1 aromatic rings. The number of rotatable bonds is 0. The number of nitrogens with two attached hydrogens (primary N) is 1. The zero-order valence-corrected chi connectivity index (χ0v) is 8.04. The van der Waals surface area contributed by atoms with Crippen LogP contribution in [0.2, 0.25) is 0 Å². The molecule has 1 atom stereocenters. The maximum Gasteiger partial charge on any atom is 0.251 e. The van der Waals surface area contributed by atoms with Crippen molar-refractivity contribution < 1.29 is 13.6 Å². The average Bonchev–Trinajstić information content (AvgIpc) is 2.48. The molecule has 1 aliphatic rings. The summed E-state index contributed by atoms with van der Waals surface area (Å²) in [5.74, 6) is 0.0515. The van der Waals surface area contributed by atoms with Crippen molar-refractivity contribution in [3.8, 4) is 0 Å². The minimum Gasteiger partial charge on any atom is -0.760 e. The molecule has 0 saturated carbocycles. The summed E-state index contributed by atoms with van der Waals surface area (Å²) >= 11 is -2.36. The van der Waals surface area contributed by atoms with Gasteiger partial charge in [-0.2, -0.15) is 0 Å². The van der Waals surface area contributed by atoms with E-state index in [2.05, 4.69) is 10.5 Å². The van der Waals surface area contributed by atoms with Crippen LogP contribution >= 0.6 is 0 Å². The van der Waals surface area contributed by atoms with Crippen LogP contribution in [0.15, 0.2) is 24.3 Å². The van der Waals surface area contributed by atoms with Crippen molar-refractivity contribution in [2.75, 3.05) is 0 Å².